The Balaban J connectivity index is 2.87. The molecular weight excluding hydrogens is 235 g/mol. The molecule has 3 nitrogen and oxygen atoms in total. The molecule has 0 aliphatic rings. The molecule has 0 radical (unpaired) electrons. The van der Waals surface area contributed by atoms with Crippen LogP contribution in [0, 0.1) is 5.82 Å². The minimum absolute atomic E-state index is 0.00909. The average Bonchev–Trinajstić information content (AvgIpc) is 2.28. The largest absolute Gasteiger partial charge is 0.392 e. The van der Waals surface area contributed by atoms with Gasteiger partial charge < -0.3 is 15.3 Å². The first-order chi connectivity index (χ1) is 7.60. The average molecular weight is 249 g/mol. The smallest absolute Gasteiger partial charge is 0.129 e. The van der Waals surface area contributed by atoms with Crippen LogP contribution in [0.4, 0.5) is 4.39 Å². The molecule has 0 aliphatic carbocycles. The van der Waals surface area contributed by atoms with E-state index in [1.807, 2.05) is 0 Å². The van der Waals surface area contributed by atoms with E-state index >= 15 is 0 Å². The second kappa shape index (κ2) is 6.15. The van der Waals surface area contributed by atoms with Crippen molar-refractivity contribution in [3.05, 3.63) is 35.1 Å². The molecule has 2 atom stereocenters. The molecule has 0 amide bonds. The van der Waals surface area contributed by atoms with Gasteiger partial charge in [0.05, 0.1) is 12.7 Å². The summed E-state index contributed by atoms with van der Waals surface area (Å²) in [6, 6.07) is 3.98. The number of rotatable bonds is 5. The van der Waals surface area contributed by atoms with E-state index in [1.54, 1.807) is 0 Å². The molecule has 2 unspecified atom stereocenters. The molecule has 0 spiro atoms. The van der Waals surface area contributed by atoms with Crippen LogP contribution in [-0.2, 0) is 6.61 Å². The van der Waals surface area contributed by atoms with Crippen LogP contribution in [0.1, 0.15) is 23.7 Å². The zero-order chi connectivity index (χ0) is 12.1. The lowest BCUT2D eigenvalue weighted by molar-refractivity contribution is 0.0149. The highest BCUT2D eigenvalue weighted by Crippen LogP contribution is 2.23. The minimum Gasteiger partial charge on any atom is -0.392 e. The molecule has 0 saturated heterocycles. The van der Waals surface area contributed by atoms with Gasteiger partial charge in [0.1, 0.15) is 11.9 Å². The number of alkyl halides is 1. The lowest BCUT2D eigenvalue weighted by atomic mass is 10.0. The van der Waals surface area contributed by atoms with Gasteiger partial charge in [0, 0.05) is 11.4 Å². The highest BCUT2D eigenvalue weighted by atomic mass is 35.5. The van der Waals surface area contributed by atoms with Crippen LogP contribution in [-0.4, -0.2) is 27.3 Å². The van der Waals surface area contributed by atoms with Crippen LogP contribution in [0.25, 0.3) is 0 Å². The van der Waals surface area contributed by atoms with Gasteiger partial charge in [-0.3, -0.25) is 0 Å². The van der Waals surface area contributed by atoms with Crippen LogP contribution in [0.15, 0.2) is 18.2 Å². The summed E-state index contributed by atoms with van der Waals surface area (Å²) in [6.45, 7) is -0.266. The highest BCUT2D eigenvalue weighted by Gasteiger charge is 2.21. The Morgan fingerprint density at radius 1 is 1.31 bits per heavy atom. The van der Waals surface area contributed by atoms with Crippen LogP contribution >= 0.6 is 11.6 Å². The molecule has 1 aromatic rings. The summed E-state index contributed by atoms with van der Waals surface area (Å²) < 4.78 is 13.5. The molecule has 5 heteroatoms. The molecule has 0 fully saturated rings. The van der Waals surface area contributed by atoms with Gasteiger partial charge in [-0.2, -0.15) is 0 Å². The van der Waals surface area contributed by atoms with E-state index in [4.69, 9.17) is 16.7 Å². The first-order valence-corrected chi connectivity index (χ1v) is 5.45. The fourth-order valence-electron chi connectivity index (χ4n) is 1.39. The van der Waals surface area contributed by atoms with Crippen molar-refractivity contribution in [2.45, 2.75) is 25.2 Å². The Morgan fingerprint density at radius 2 is 2.00 bits per heavy atom. The van der Waals surface area contributed by atoms with E-state index in [0.717, 1.165) is 6.07 Å². The maximum Gasteiger partial charge on any atom is 0.129 e. The first kappa shape index (κ1) is 13.4. The number of aliphatic hydroxyl groups excluding tert-OH is 3. The normalized spacial score (nSPS) is 14.8. The number of halogens is 2. The van der Waals surface area contributed by atoms with Gasteiger partial charge in [-0.15, -0.1) is 11.6 Å². The molecule has 0 heterocycles. The van der Waals surface area contributed by atoms with Crippen molar-refractivity contribution in [2.75, 3.05) is 5.88 Å². The van der Waals surface area contributed by atoms with Gasteiger partial charge in [0.2, 0.25) is 0 Å². The van der Waals surface area contributed by atoms with Crippen LogP contribution in [0.2, 0.25) is 0 Å². The predicted octanol–water partition coefficient (Wildman–Crippen LogP) is 1.34. The molecular formula is C11H14ClFO3. The Labute approximate surface area is 98.1 Å². The second-order valence-corrected chi connectivity index (χ2v) is 3.88. The van der Waals surface area contributed by atoms with E-state index in [1.165, 1.54) is 12.1 Å². The fraction of sp³-hybridized carbons (Fsp3) is 0.455. The van der Waals surface area contributed by atoms with Crippen molar-refractivity contribution in [3.8, 4) is 0 Å². The Bertz CT molecular complexity index is 346. The zero-order valence-electron chi connectivity index (χ0n) is 8.61. The molecule has 1 rings (SSSR count). The maximum atomic E-state index is 13.5. The topological polar surface area (TPSA) is 60.7 Å². The van der Waals surface area contributed by atoms with Crippen LogP contribution < -0.4 is 0 Å². The van der Waals surface area contributed by atoms with Crippen molar-refractivity contribution >= 4 is 11.6 Å². The zero-order valence-corrected chi connectivity index (χ0v) is 9.36. The van der Waals surface area contributed by atoms with Crippen molar-refractivity contribution in [1.82, 2.24) is 0 Å². The van der Waals surface area contributed by atoms with Gasteiger partial charge in [-0.1, -0.05) is 12.1 Å². The molecule has 16 heavy (non-hydrogen) atoms. The maximum absolute atomic E-state index is 13.5. The van der Waals surface area contributed by atoms with Crippen molar-refractivity contribution in [2.24, 2.45) is 0 Å². The summed E-state index contributed by atoms with van der Waals surface area (Å²) in [5.74, 6) is -0.457. The first-order valence-electron chi connectivity index (χ1n) is 4.91. The van der Waals surface area contributed by atoms with Gasteiger partial charge >= 0.3 is 0 Å². The molecule has 0 bridgehead atoms. The van der Waals surface area contributed by atoms with E-state index in [-0.39, 0.29) is 24.5 Å². The Hall–Kier alpha value is -0.680. The second-order valence-electron chi connectivity index (χ2n) is 3.50. The third kappa shape index (κ3) is 3.15. The lowest BCUT2D eigenvalue weighted by Crippen LogP contribution is -2.19. The van der Waals surface area contributed by atoms with Crippen LogP contribution in [0.3, 0.4) is 0 Å². The quantitative estimate of drug-likeness (QED) is 0.690. The SMILES string of the molecule is OCc1ccc(C(O)C(O)CCCl)c(F)c1. The summed E-state index contributed by atoms with van der Waals surface area (Å²) in [6.07, 6.45) is -2.21. The molecule has 1 aromatic carbocycles. The van der Waals surface area contributed by atoms with Crippen molar-refractivity contribution in [3.63, 3.8) is 0 Å². The molecule has 0 aliphatic heterocycles. The van der Waals surface area contributed by atoms with Gasteiger partial charge in [-0.25, -0.2) is 4.39 Å². The Morgan fingerprint density at radius 3 is 2.50 bits per heavy atom. The lowest BCUT2D eigenvalue weighted by Gasteiger charge is -2.18. The molecule has 0 saturated carbocycles. The summed E-state index contributed by atoms with van der Waals surface area (Å²) in [7, 11) is 0. The summed E-state index contributed by atoms with van der Waals surface area (Å²) in [4.78, 5) is 0. The van der Waals surface area contributed by atoms with E-state index in [0.29, 0.717) is 5.56 Å². The predicted molar refractivity (Wildman–Crippen MR) is 58.6 cm³/mol. The van der Waals surface area contributed by atoms with Crippen molar-refractivity contribution < 1.29 is 19.7 Å². The third-order valence-corrected chi connectivity index (χ3v) is 2.55. The van der Waals surface area contributed by atoms with E-state index < -0.39 is 18.0 Å². The number of aliphatic hydroxyl groups is 3. The highest BCUT2D eigenvalue weighted by molar-refractivity contribution is 6.17. The van der Waals surface area contributed by atoms with E-state index in [9.17, 15) is 14.6 Å². The van der Waals surface area contributed by atoms with E-state index in [2.05, 4.69) is 0 Å². The Kier molecular flexibility index (Phi) is 5.15. The number of benzene rings is 1. The molecule has 90 valence electrons. The summed E-state index contributed by atoms with van der Waals surface area (Å²) in [5.41, 5.74) is 0.426. The third-order valence-electron chi connectivity index (χ3n) is 2.34. The summed E-state index contributed by atoms with van der Waals surface area (Å²) >= 11 is 5.42. The number of hydrogen-bond donors (Lipinski definition) is 3. The van der Waals surface area contributed by atoms with Gasteiger partial charge in [0.15, 0.2) is 0 Å². The summed E-state index contributed by atoms with van der Waals surface area (Å²) in [5, 5.41) is 27.9. The molecule has 3 N–H and O–H groups in total. The van der Waals surface area contributed by atoms with Crippen LogP contribution in [0.5, 0.6) is 0 Å². The molecule has 0 aromatic heterocycles. The van der Waals surface area contributed by atoms with Gasteiger partial charge in [-0.05, 0) is 18.1 Å². The van der Waals surface area contributed by atoms with Gasteiger partial charge in [0.25, 0.3) is 0 Å². The number of hydrogen-bond acceptors (Lipinski definition) is 3. The monoisotopic (exact) mass is 248 g/mol. The standard InChI is InChI=1S/C11H14ClFO3/c12-4-3-10(15)11(16)8-2-1-7(6-14)5-9(8)13/h1-2,5,10-11,14-16H,3-4,6H2. The minimum atomic E-state index is -1.30. The van der Waals surface area contributed by atoms with Crippen molar-refractivity contribution in [1.29, 1.82) is 0 Å². The fourth-order valence-corrected chi connectivity index (χ4v) is 1.61.